The van der Waals surface area contributed by atoms with Gasteiger partial charge in [-0.05, 0) is 29.7 Å². The van der Waals surface area contributed by atoms with Crippen LogP contribution in [0.5, 0.6) is 0 Å². The van der Waals surface area contributed by atoms with Crippen molar-refractivity contribution in [3.05, 3.63) is 30.3 Å². The van der Waals surface area contributed by atoms with E-state index in [1.165, 1.54) is 18.2 Å². The average Bonchev–Trinajstić information content (AvgIpc) is 2.24. The van der Waals surface area contributed by atoms with Crippen molar-refractivity contribution in [3.63, 3.8) is 0 Å². The van der Waals surface area contributed by atoms with Gasteiger partial charge in [-0.25, -0.2) is 0 Å². The van der Waals surface area contributed by atoms with Crippen LogP contribution in [0, 0.1) is 0 Å². The smallest absolute Gasteiger partial charge is 1.00 e. The second-order valence-electron chi connectivity index (χ2n) is 3.85. The first-order valence-electron chi connectivity index (χ1n) is 4.87. The fourth-order valence-corrected chi connectivity index (χ4v) is 3.03. The predicted molar refractivity (Wildman–Crippen MR) is 69.1 cm³/mol. The normalized spacial score (nSPS) is 12.1. The molecule has 0 saturated heterocycles. The molecule has 0 aromatic heterocycles. The predicted octanol–water partition coefficient (Wildman–Crippen LogP) is -1.97. The number of nitrogens with two attached hydrogens (primary N) is 1. The van der Waals surface area contributed by atoms with Gasteiger partial charge in [0.15, 0.2) is 0 Å². The molecule has 0 aliphatic heterocycles. The maximum atomic E-state index is 11.3. The van der Waals surface area contributed by atoms with Crippen molar-refractivity contribution in [3.8, 4) is 0 Å². The summed E-state index contributed by atoms with van der Waals surface area (Å²) in [6, 6.07) is 5.86. The second-order valence-corrected chi connectivity index (χ2v) is 6.66. The third-order valence-electron chi connectivity index (χ3n) is 2.49. The molecule has 20 heavy (non-hydrogen) atoms. The van der Waals surface area contributed by atoms with E-state index in [0.29, 0.717) is 6.07 Å². The Morgan fingerprint density at radius 3 is 2.05 bits per heavy atom. The third kappa shape index (κ3) is 3.78. The zero-order valence-electron chi connectivity index (χ0n) is 11.3. The Balaban J connectivity index is 0.00000200. The molecule has 0 unspecified atom stereocenters. The van der Waals surface area contributed by atoms with Crippen LogP contribution in [0.15, 0.2) is 40.1 Å². The summed E-state index contributed by atoms with van der Waals surface area (Å²) in [5.74, 6) is 0. The van der Waals surface area contributed by atoms with Crippen LogP contribution in [-0.2, 0) is 20.2 Å². The first kappa shape index (κ1) is 18.0. The molecule has 0 radical (unpaired) electrons. The number of rotatable bonds is 2. The molecule has 2 aromatic rings. The van der Waals surface area contributed by atoms with Crippen molar-refractivity contribution >= 4 is 36.7 Å². The quantitative estimate of drug-likeness (QED) is 0.327. The van der Waals surface area contributed by atoms with Gasteiger partial charge in [0.05, 0.1) is 4.90 Å². The van der Waals surface area contributed by atoms with Crippen molar-refractivity contribution in [2.45, 2.75) is 9.79 Å². The van der Waals surface area contributed by atoms with E-state index in [9.17, 15) is 16.8 Å². The summed E-state index contributed by atoms with van der Waals surface area (Å²) in [5.41, 5.74) is 5.76. The van der Waals surface area contributed by atoms with E-state index in [4.69, 9.17) is 14.8 Å². The molecule has 0 bridgehead atoms. The molecule has 0 amide bonds. The number of nitrogen functional groups attached to an aromatic ring is 1. The van der Waals surface area contributed by atoms with Gasteiger partial charge in [-0.1, -0.05) is 6.07 Å². The molecule has 2 aromatic carbocycles. The summed E-state index contributed by atoms with van der Waals surface area (Å²) in [6.45, 7) is 0. The van der Waals surface area contributed by atoms with Gasteiger partial charge in [0, 0.05) is 11.1 Å². The summed E-state index contributed by atoms with van der Waals surface area (Å²) >= 11 is 0. The summed E-state index contributed by atoms with van der Waals surface area (Å²) in [7, 11) is -9.25. The molecule has 0 fully saturated rings. The summed E-state index contributed by atoms with van der Waals surface area (Å²) in [5, 5.41) is 0.270. The Morgan fingerprint density at radius 1 is 0.950 bits per heavy atom. The number of hydrogen-bond acceptors (Lipinski definition) is 5. The zero-order chi connectivity index (χ0) is 14.4. The largest absolute Gasteiger partial charge is 1.00 e. The Morgan fingerprint density at radius 2 is 1.55 bits per heavy atom. The van der Waals surface area contributed by atoms with Gasteiger partial charge >= 0.3 is 51.4 Å². The minimum absolute atomic E-state index is 0. The van der Waals surface area contributed by atoms with E-state index in [0.717, 1.165) is 6.07 Å². The number of fused-ring (bicyclic) bond motifs is 1. The van der Waals surface area contributed by atoms with Crippen molar-refractivity contribution in [2.75, 3.05) is 5.73 Å². The molecule has 2 rings (SSSR count). The Kier molecular flexibility index (Phi) is 5.39. The van der Waals surface area contributed by atoms with E-state index in [1.807, 2.05) is 0 Å². The van der Waals surface area contributed by atoms with Crippen LogP contribution >= 0.6 is 0 Å². The van der Waals surface area contributed by atoms with Gasteiger partial charge in [-0.2, -0.15) is 16.8 Å². The van der Waals surface area contributed by atoms with Gasteiger partial charge in [-0.15, -0.1) is 0 Å². The molecule has 0 spiro atoms. The first-order chi connectivity index (χ1) is 8.59. The van der Waals surface area contributed by atoms with E-state index < -0.39 is 30.0 Å². The van der Waals surface area contributed by atoms with Gasteiger partial charge in [0.1, 0.15) is 4.90 Å². The minimum Gasteiger partial charge on any atom is -1.00 e. The molecule has 4 N–H and O–H groups in total. The van der Waals surface area contributed by atoms with Crippen LogP contribution in [0.4, 0.5) is 5.69 Å². The van der Waals surface area contributed by atoms with Crippen molar-refractivity contribution < 1.29 is 78.8 Å². The van der Waals surface area contributed by atoms with Crippen molar-refractivity contribution in [2.24, 2.45) is 0 Å². The van der Waals surface area contributed by atoms with Crippen LogP contribution in [0.3, 0.4) is 0 Å². The van der Waals surface area contributed by atoms with Crippen molar-refractivity contribution in [1.29, 1.82) is 0 Å². The topological polar surface area (TPSA) is 135 Å². The SMILES string of the molecule is Nc1ccc2cc(S(=O)(=O)O)cc(S(=O)(=O)O)c2c1.[H-].[K+]. The minimum atomic E-state index is -4.66. The Bertz CT molecular complexity index is 882. The van der Waals surface area contributed by atoms with Crippen LogP contribution in [-0.4, -0.2) is 25.9 Å². The fourth-order valence-electron chi connectivity index (χ4n) is 1.68. The van der Waals surface area contributed by atoms with Crippen LogP contribution in [0.1, 0.15) is 1.43 Å². The van der Waals surface area contributed by atoms with E-state index in [-0.39, 0.29) is 69.3 Å². The average molecular weight is 343 g/mol. The molecular weight excluding hydrogens is 333 g/mol. The standard InChI is InChI=1S/C10H9NO6S2.K.H/c11-7-2-1-6-3-8(18(12,13)14)5-10(9(6)4-7)19(15,16)17;;/h1-5H,11H2,(H,12,13,14)(H,15,16,17);;/q;+1;-1. The van der Waals surface area contributed by atoms with Gasteiger partial charge in [-0.3, -0.25) is 9.11 Å². The number of benzene rings is 2. The molecule has 0 atom stereocenters. The maximum Gasteiger partial charge on any atom is 1.00 e. The third-order valence-corrected chi connectivity index (χ3v) is 4.21. The monoisotopic (exact) mass is 343 g/mol. The fraction of sp³-hybridized carbons (Fsp3) is 0. The van der Waals surface area contributed by atoms with Crippen LogP contribution in [0.25, 0.3) is 10.8 Å². The van der Waals surface area contributed by atoms with E-state index >= 15 is 0 Å². The molecule has 0 aliphatic carbocycles. The molecule has 7 nitrogen and oxygen atoms in total. The number of hydrogen-bond donors (Lipinski definition) is 3. The molecular formula is C10H10KNO6S2. The maximum absolute atomic E-state index is 11.3. The zero-order valence-corrected chi connectivity index (χ0v) is 15.1. The number of anilines is 1. The molecule has 10 heteroatoms. The van der Waals surface area contributed by atoms with E-state index in [1.54, 1.807) is 0 Å². The molecule has 0 saturated carbocycles. The molecule has 104 valence electrons. The first-order valence-corrected chi connectivity index (χ1v) is 7.75. The van der Waals surface area contributed by atoms with E-state index in [2.05, 4.69) is 0 Å². The van der Waals surface area contributed by atoms with Gasteiger partial charge < -0.3 is 7.16 Å². The van der Waals surface area contributed by atoms with Crippen LogP contribution < -0.4 is 57.1 Å². The Hall–Kier alpha value is -0.0436. The van der Waals surface area contributed by atoms with Gasteiger partial charge in [0.2, 0.25) is 0 Å². The van der Waals surface area contributed by atoms with Gasteiger partial charge in [0.25, 0.3) is 20.2 Å². The Labute approximate surface area is 159 Å². The summed E-state index contributed by atoms with van der Waals surface area (Å²) < 4.78 is 62.8. The molecule has 0 aliphatic rings. The van der Waals surface area contributed by atoms with Crippen LogP contribution in [0.2, 0.25) is 0 Å². The van der Waals surface area contributed by atoms with Crippen molar-refractivity contribution in [1.82, 2.24) is 0 Å². The molecule has 0 heterocycles. The summed E-state index contributed by atoms with van der Waals surface area (Å²) in [6.07, 6.45) is 0. The second kappa shape index (κ2) is 5.99. The summed E-state index contributed by atoms with van der Waals surface area (Å²) in [4.78, 5) is -1.26.